The molecule has 20 heavy (non-hydrogen) atoms. The summed E-state index contributed by atoms with van der Waals surface area (Å²) in [5.41, 5.74) is 1.57. The number of phenols is 1. The summed E-state index contributed by atoms with van der Waals surface area (Å²) in [4.78, 5) is 4.34. The number of methoxy groups -OCH3 is 1. The van der Waals surface area contributed by atoms with E-state index in [1.807, 2.05) is 24.3 Å². The van der Waals surface area contributed by atoms with Crippen LogP contribution in [-0.2, 0) is 0 Å². The Morgan fingerprint density at radius 1 is 1.05 bits per heavy atom. The highest BCUT2D eigenvalue weighted by Gasteiger charge is 2.11. The fourth-order valence-electron chi connectivity index (χ4n) is 1.82. The molecule has 5 nitrogen and oxygen atoms in total. The second kappa shape index (κ2) is 5.05. The quantitative estimate of drug-likeness (QED) is 0.790. The Morgan fingerprint density at radius 3 is 2.60 bits per heavy atom. The molecule has 0 spiro atoms. The summed E-state index contributed by atoms with van der Waals surface area (Å²) in [6.45, 7) is 0. The Labute approximate surface area is 115 Å². The van der Waals surface area contributed by atoms with E-state index < -0.39 is 0 Å². The van der Waals surface area contributed by atoms with E-state index in [0.29, 0.717) is 11.7 Å². The lowest BCUT2D eigenvalue weighted by molar-refractivity contribution is 0.414. The molecule has 100 valence electrons. The average molecular weight is 268 g/mol. The van der Waals surface area contributed by atoms with Crippen molar-refractivity contribution in [2.75, 3.05) is 7.11 Å². The minimum atomic E-state index is 0.196. The first-order chi connectivity index (χ1) is 9.76. The molecule has 3 aromatic rings. The maximum atomic E-state index is 9.26. The second-order valence-corrected chi connectivity index (χ2v) is 4.20. The molecule has 1 N–H and O–H groups in total. The summed E-state index contributed by atoms with van der Waals surface area (Å²) in [6, 6.07) is 14.0. The first kappa shape index (κ1) is 12.2. The van der Waals surface area contributed by atoms with E-state index in [0.717, 1.165) is 16.9 Å². The molecule has 1 aromatic heterocycles. The molecule has 0 fully saturated rings. The summed E-state index contributed by atoms with van der Waals surface area (Å²) in [5, 5.41) is 13.2. The largest absolute Gasteiger partial charge is 0.508 e. The highest BCUT2D eigenvalue weighted by molar-refractivity contribution is 5.61. The SMILES string of the molecule is COc1cccc(-c2noc(-c3ccc(O)cc3)n2)c1. The fourth-order valence-corrected chi connectivity index (χ4v) is 1.82. The van der Waals surface area contributed by atoms with Crippen molar-refractivity contribution in [3.63, 3.8) is 0 Å². The Hall–Kier alpha value is -2.82. The lowest BCUT2D eigenvalue weighted by Crippen LogP contribution is -1.85. The van der Waals surface area contributed by atoms with Crippen molar-refractivity contribution >= 4 is 0 Å². The van der Waals surface area contributed by atoms with Crippen LogP contribution in [0, 0.1) is 0 Å². The third-order valence-corrected chi connectivity index (χ3v) is 2.87. The van der Waals surface area contributed by atoms with Crippen molar-refractivity contribution in [2.45, 2.75) is 0 Å². The van der Waals surface area contributed by atoms with E-state index in [4.69, 9.17) is 9.26 Å². The molecule has 0 saturated carbocycles. The first-order valence-corrected chi connectivity index (χ1v) is 6.04. The van der Waals surface area contributed by atoms with Crippen LogP contribution in [0.15, 0.2) is 53.1 Å². The van der Waals surface area contributed by atoms with Crippen LogP contribution in [-0.4, -0.2) is 22.4 Å². The van der Waals surface area contributed by atoms with Gasteiger partial charge >= 0.3 is 0 Å². The number of hydrogen-bond donors (Lipinski definition) is 1. The van der Waals surface area contributed by atoms with E-state index in [1.54, 1.807) is 31.4 Å². The van der Waals surface area contributed by atoms with Gasteiger partial charge in [0.05, 0.1) is 7.11 Å². The van der Waals surface area contributed by atoms with E-state index in [9.17, 15) is 5.11 Å². The molecule has 0 aliphatic carbocycles. The predicted molar refractivity (Wildman–Crippen MR) is 73.4 cm³/mol. The number of aromatic nitrogens is 2. The van der Waals surface area contributed by atoms with Crippen molar-refractivity contribution in [2.24, 2.45) is 0 Å². The number of phenolic OH excluding ortho intramolecular Hbond substituents is 1. The maximum Gasteiger partial charge on any atom is 0.258 e. The molecule has 3 rings (SSSR count). The number of benzene rings is 2. The van der Waals surface area contributed by atoms with Gasteiger partial charge in [-0.15, -0.1) is 0 Å². The van der Waals surface area contributed by atoms with Gasteiger partial charge in [-0.05, 0) is 36.4 Å². The highest BCUT2D eigenvalue weighted by atomic mass is 16.5. The Bertz CT molecular complexity index is 720. The van der Waals surface area contributed by atoms with Crippen LogP contribution in [0.3, 0.4) is 0 Å². The molecular weight excluding hydrogens is 256 g/mol. The molecule has 0 unspecified atom stereocenters. The maximum absolute atomic E-state index is 9.26. The Morgan fingerprint density at radius 2 is 1.85 bits per heavy atom. The van der Waals surface area contributed by atoms with Crippen LogP contribution < -0.4 is 4.74 Å². The molecule has 5 heteroatoms. The van der Waals surface area contributed by atoms with Gasteiger partial charge in [-0.25, -0.2) is 0 Å². The van der Waals surface area contributed by atoms with E-state index in [-0.39, 0.29) is 5.75 Å². The molecule has 0 atom stereocenters. The highest BCUT2D eigenvalue weighted by Crippen LogP contribution is 2.25. The van der Waals surface area contributed by atoms with Crippen molar-refractivity contribution < 1.29 is 14.4 Å². The van der Waals surface area contributed by atoms with Gasteiger partial charge in [0.15, 0.2) is 0 Å². The van der Waals surface area contributed by atoms with Gasteiger partial charge in [0.1, 0.15) is 11.5 Å². The Kier molecular flexibility index (Phi) is 3.09. The summed E-state index contributed by atoms with van der Waals surface area (Å²) in [6.07, 6.45) is 0. The summed E-state index contributed by atoms with van der Waals surface area (Å²) in [7, 11) is 1.61. The number of ether oxygens (including phenoxy) is 1. The second-order valence-electron chi connectivity index (χ2n) is 4.20. The van der Waals surface area contributed by atoms with Gasteiger partial charge in [0.25, 0.3) is 5.89 Å². The van der Waals surface area contributed by atoms with Crippen LogP contribution in [0.4, 0.5) is 0 Å². The third-order valence-electron chi connectivity index (χ3n) is 2.87. The third kappa shape index (κ3) is 2.33. The molecule has 0 aliphatic heterocycles. The molecule has 0 saturated heterocycles. The topological polar surface area (TPSA) is 68.4 Å². The van der Waals surface area contributed by atoms with Crippen molar-refractivity contribution in [3.8, 4) is 34.3 Å². The van der Waals surface area contributed by atoms with Crippen molar-refractivity contribution in [3.05, 3.63) is 48.5 Å². The van der Waals surface area contributed by atoms with Gasteiger partial charge in [-0.2, -0.15) is 4.98 Å². The van der Waals surface area contributed by atoms with Crippen LogP contribution >= 0.6 is 0 Å². The zero-order valence-corrected chi connectivity index (χ0v) is 10.8. The summed E-state index contributed by atoms with van der Waals surface area (Å²) < 4.78 is 10.4. The lowest BCUT2D eigenvalue weighted by Gasteiger charge is -1.99. The monoisotopic (exact) mass is 268 g/mol. The Balaban J connectivity index is 1.95. The molecule has 0 aliphatic rings. The minimum Gasteiger partial charge on any atom is -0.508 e. The molecule has 0 radical (unpaired) electrons. The summed E-state index contributed by atoms with van der Waals surface area (Å²) >= 11 is 0. The predicted octanol–water partition coefficient (Wildman–Crippen LogP) is 3.12. The molecule has 2 aromatic carbocycles. The van der Waals surface area contributed by atoms with Gasteiger partial charge in [0.2, 0.25) is 5.82 Å². The van der Waals surface area contributed by atoms with Crippen LogP contribution in [0.1, 0.15) is 0 Å². The molecule has 0 amide bonds. The van der Waals surface area contributed by atoms with Gasteiger partial charge in [0, 0.05) is 11.1 Å². The number of aromatic hydroxyl groups is 1. The summed E-state index contributed by atoms with van der Waals surface area (Å²) in [5.74, 6) is 1.83. The van der Waals surface area contributed by atoms with Crippen molar-refractivity contribution in [1.82, 2.24) is 10.1 Å². The zero-order valence-electron chi connectivity index (χ0n) is 10.8. The minimum absolute atomic E-state index is 0.196. The number of rotatable bonds is 3. The van der Waals surface area contributed by atoms with E-state index in [1.165, 1.54) is 0 Å². The molecule has 1 heterocycles. The van der Waals surface area contributed by atoms with E-state index >= 15 is 0 Å². The first-order valence-electron chi connectivity index (χ1n) is 6.04. The number of nitrogens with zero attached hydrogens (tertiary/aromatic N) is 2. The van der Waals surface area contributed by atoms with Crippen LogP contribution in [0.5, 0.6) is 11.5 Å². The smallest absolute Gasteiger partial charge is 0.258 e. The molecular formula is C15H12N2O3. The van der Waals surface area contributed by atoms with E-state index in [2.05, 4.69) is 10.1 Å². The zero-order chi connectivity index (χ0) is 13.9. The van der Waals surface area contributed by atoms with Crippen LogP contribution in [0.25, 0.3) is 22.8 Å². The number of hydrogen-bond acceptors (Lipinski definition) is 5. The van der Waals surface area contributed by atoms with Gasteiger partial charge in [-0.3, -0.25) is 0 Å². The van der Waals surface area contributed by atoms with Crippen LogP contribution in [0.2, 0.25) is 0 Å². The lowest BCUT2D eigenvalue weighted by atomic mass is 10.2. The van der Waals surface area contributed by atoms with Gasteiger partial charge < -0.3 is 14.4 Å². The normalized spacial score (nSPS) is 10.4. The average Bonchev–Trinajstić information content (AvgIpc) is 2.98. The molecule has 0 bridgehead atoms. The van der Waals surface area contributed by atoms with Crippen molar-refractivity contribution in [1.29, 1.82) is 0 Å². The fraction of sp³-hybridized carbons (Fsp3) is 0.0667. The van der Waals surface area contributed by atoms with Gasteiger partial charge in [-0.1, -0.05) is 17.3 Å². The standard InChI is InChI=1S/C15H12N2O3/c1-19-13-4-2-3-11(9-13)14-16-15(20-17-14)10-5-7-12(18)8-6-10/h2-9,18H,1H3.